The summed E-state index contributed by atoms with van der Waals surface area (Å²) < 4.78 is 21.7. The van der Waals surface area contributed by atoms with Gasteiger partial charge in [0.05, 0.1) is 25.3 Å². The second-order valence-electron chi connectivity index (χ2n) is 11.6. The van der Waals surface area contributed by atoms with Crippen molar-refractivity contribution in [2.75, 3.05) is 20.8 Å². The first kappa shape index (κ1) is 30.8. The molecule has 1 aliphatic heterocycles. The van der Waals surface area contributed by atoms with Crippen LogP contribution < -0.4 is 20.1 Å². The molecule has 1 saturated heterocycles. The number of unbranched alkanes of at least 4 members (excludes halogenated alkanes) is 1. The average Bonchev–Trinajstić information content (AvgIpc) is 3.50. The van der Waals surface area contributed by atoms with Crippen molar-refractivity contribution < 1.29 is 38.4 Å². The van der Waals surface area contributed by atoms with Crippen molar-refractivity contribution in [3.8, 4) is 23.5 Å². The lowest BCUT2D eigenvalue weighted by atomic mass is 9.87. The highest BCUT2D eigenvalue weighted by Crippen LogP contribution is 2.38. The van der Waals surface area contributed by atoms with Gasteiger partial charge in [-0.2, -0.15) is 0 Å². The molecule has 1 aliphatic carbocycles. The topological polar surface area (TPSA) is 158 Å². The molecule has 1 aromatic carbocycles. The van der Waals surface area contributed by atoms with Gasteiger partial charge in [0.1, 0.15) is 30.0 Å². The van der Waals surface area contributed by atoms with Crippen molar-refractivity contribution in [1.82, 2.24) is 20.6 Å². The molecule has 226 valence electrons. The molecule has 1 amide bonds. The molecule has 1 aromatic heterocycles. The minimum Gasteiger partial charge on any atom is -0.497 e. The third-order valence-corrected chi connectivity index (χ3v) is 7.27. The molecule has 0 radical (unpaired) electrons. The number of carboxylic acid groups (broad SMARTS) is 1. The predicted molar refractivity (Wildman–Crippen MR) is 152 cm³/mol. The summed E-state index contributed by atoms with van der Waals surface area (Å²) in [6, 6.07) is 3.91. The summed E-state index contributed by atoms with van der Waals surface area (Å²) in [5, 5.41) is 14.9. The van der Waals surface area contributed by atoms with Crippen LogP contribution in [0.1, 0.15) is 58.6 Å². The molecule has 3 N–H and O–H groups in total. The van der Waals surface area contributed by atoms with E-state index in [0.29, 0.717) is 41.9 Å². The number of esters is 1. The van der Waals surface area contributed by atoms with Crippen LogP contribution in [0, 0.1) is 23.2 Å². The van der Waals surface area contributed by atoms with Crippen molar-refractivity contribution in [3.05, 3.63) is 23.9 Å². The van der Waals surface area contributed by atoms with Gasteiger partial charge in [-0.1, -0.05) is 26.7 Å². The number of hydrogen-bond donors (Lipinski definition) is 3. The zero-order valence-electron chi connectivity index (χ0n) is 24.6. The molecule has 1 saturated carbocycles. The monoisotopic (exact) mass is 582 g/mol. The molecule has 2 aliphatic rings. The number of aromatic nitrogens is 2. The number of ether oxygens (including phenoxy) is 4. The molecule has 1 unspecified atom stereocenters. The van der Waals surface area contributed by atoms with E-state index in [9.17, 15) is 19.5 Å². The lowest BCUT2D eigenvalue weighted by Crippen LogP contribution is -2.49. The highest BCUT2D eigenvalue weighted by molar-refractivity contribution is 5.81. The van der Waals surface area contributed by atoms with Crippen LogP contribution in [-0.2, 0) is 19.1 Å². The summed E-state index contributed by atoms with van der Waals surface area (Å²) in [5.74, 6) is 5.97. The predicted octanol–water partition coefficient (Wildman–Crippen LogP) is 3.06. The number of nitrogens with one attached hydrogen (secondary N) is 2. The second-order valence-corrected chi connectivity index (χ2v) is 11.6. The third kappa shape index (κ3) is 8.00. The number of rotatable bonds is 10. The van der Waals surface area contributed by atoms with E-state index < -0.39 is 29.6 Å². The summed E-state index contributed by atoms with van der Waals surface area (Å²) in [7, 11) is 2.93. The molecular formula is C30H38N4O8. The van der Waals surface area contributed by atoms with Gasteiger partial charge in [0.15, 0.2) is 5.69 Å². The Hall–Kier alpha value is -4.11. The summed E-state index contributed by atoms with van der Waals surface area (Å²) in [5.41, 5.74) is 1.02. The molecule has 5 atom stereocenters. The molecule has 2 heterocycles. The van der Waals surface area contributed by atoms with Crippen LogP contribution in [-0.4, -0.2) is 78.2 Å². The van der Waals surface area contributed by atoms with E-state index in [1.54, 1.807) is 40.0 Å². The quantitative estimate of drug-likeness (QED) is 0.215. The minimum atomic E-state index is -1.10. The molecule has 2 fully saturated rings. The number of alkyl carbamates (subject to hydrolysis) is 1. The van der Waals surface area contributed by atoms with Crippen molar-refractivity contribution in [1.29, 1.82) is 0 Å². The molecule has 42 heavy (non-hydrogen) atoms. The molecule has 12 nitrogen and oxygen atoms in total. The number of carbonyl (C=O) groups excluding carboxylic acids is 2. The number of fused-ring (bicyclic) bond motifs is 1. The fraction of sp³-hybridized carbons (Fsp3) is 0.567. The van der Waals surface area contributed by atoms with Crippen molar-refractivity contribution in [2.24, 2.45) is 11.3 Å². The molecule has 2 aromatic rings. The maximum absolute atomic E-state index is 12.2. The number of aliphatic carboxylic acids is 1. The maximum atomic E-state index is 12.2. The van der Waals surface area contributed by atoms with E-state index in [4.69, 9.17) is 18.9 Å². The van der Waals surface area contributed by atoms with Crippen molar-refractivity contribution >= 4 is 29.1 Å². The van der Waals surface area contributed by atoms with Crippen LogP contribution in [0.4, 0.5) is 4.79 Å². The average molecular weight is 583 g/mol. The van der Waals surface area contributed by atoms with Crippen LogP contribution >= 0.6 is 0 Å². The molecular weight excluding hydrogens is 544 g/mol. The van der Waals surface area contributed by atoms with Gasteiger partial charge in [0, 0.05) is 25.5 Å². The second kappa shape index (κ2) is 13.2. The summed E-state index contributed by atoms with van der Waals surface area (Å²) in [4.78, 5) is 44.9. The molecule has 12 heteroatoms. The van der Waals surface area contributed by atoms with Crippen LogP contribution in [0.5, 0.6) is 11.6 Å². The SMILES string of the molecule is COC(=O)[C@@H]1C[C@@H](Oc2nc3cc(OC)ccc3nc2C#CCCC[C@@H]2C[C@H]2OC(=O)NC(C(=O)O)C(C)(C)C)CN1. The van der Waals surface area contributed by atoms with E-state index in [0.717, 1.165) is 19.3 Å². The first-order valence-corrected chi connectivity index (χ1v) is 14.0. The number of hydrogen-bond acceptors (Lipinski definition) is 10. The summed E-state index contributed by atoms with van der Waals surface area (Å²) in [6.07, 6.45) is 2.16. The van der Waals surface area contributed by atoms with Gasteiger partial charge in [0.2, 0.25) is 5.88 Å². The largest absolute Gasteiger partial charge is 0.497 e. The Morgan fingerprint density at radius 1 is 1.17 bits per heavy atom. The number of amides is 1. The van der Waals surface area contributed by atoms with Crippen molar-refractivity contribution in [2.45, 2.75) is 77.2 Å². The summed E-state index contributed by atoms with van der Waals surface area (Å²) >= 11 is 0. The van der Waals surface area contributed by atoms with Crippen LogP contribution in [0.3, 0.4) is 0 Å². The van der Waals surface area contributed by atoms with E-state index in [1.807, 2.05) is 6.07 Å². The Kier molecular flexibility index (Phi) is 9.73. The van der Waals surface area contributed by atoms with Crippen LogP contribution in [0.25, 0.3) is 11.0 Å². The lowest BCUT2D eigenvalue weighted by Gasteiger charge is -2.27. The molecule has 4 rings (SSSR count). The van der Waals surface area contributed by atoms with Gasteiger partial charge in [0.25, 0.3) is 0 Å². The Morgan fingerprint density at radius 2 is 1.95 bits per heavy atom. The molecule has 0 bridgehead atoms. The minimum absolute atomic E-state index is 0.218. The van der Waals surface area contributed by atoms with E-state index in [-0.39, 0.29) is 30.0 Å². The molecule has 0 spiro atoms. The van der Waals surface area contributed by atoms with Gasteiger partial charge in [-0.15, -0.1) is 0 Å². The number of carboxylic acids is 1. The highest BCUT2D eigenvalue weighted by atomic mass is 16.6. The Bertz CT molecular complexity index is 1380. The normalized spacial score (nSPS) is 21.9. The van der Waals surface area contributed by atoms with Gasteiger partial charge >= 0.3 is 18.0 Å². The Labute approximate surface area is 244 Å². The standard InChI is InChI=1S/C30H38N4O8/c1-30(2,3)25(27(35)36)34-29(38)42-24-13-17(24)9-7-6-8-10-21-26(41-19-15-23(31-16-19)28(37)40-5)33-22-14-18(39-4)11-12-20(22)32-21/h11-12,14,17,19,23-25,31H,6-7,9,13,15-16H2,1-5H3,(H,34,38)(H,35,36)/t17-,19-,23+,24-,25?/m1/s1. The van der Waals surface area contributed by atoms with Crippen molar-refractivity contribution in [3.63, 3.8) is 0 Å². The van der Waals surface area contributed by atoms with Gasteiger partial charge in [-0.25, -0.2) is 19.6 Å². The van der Waals surface area contributed by atoms with Crippen LogP contribution in [0.15, 0.2) is 18.2 Å². The van der Waals surface area contributed by atoms with Gasteiger partial charge in [-0.3, -0.25) is 4.79 Å². The van der Waals surface area contributed by atoms with E-state index >= 15 is 0 Å². The zero-order valence-corrected chi connectivity index (χ0v) is 24.6. The third-order valence-electron chi connectivity index (χ3n) is 7.27. The fourth-order valence-electron chi connectivity index (χ4n) is 4.79. The van der Waals surface area contributed by atoms with E-state index in [1.165, 1.54) is 7.11 Å². The zero-order chi connectivity index (χ0) is 30.4. The first-order valence-electron chi connectivity index (χ1n) is 14.0. The Balaban J connectivity index is 1.33. The lowest BCUT2D eigenvalue weighted by molar-refractivity contribution is -0.143. The summed E-state index contributed by atoms with van der Waals surface area (Å²) in [6.45, 7) is 5.69. The maximum Gasteiger partial charge on any atom is 0.408 e. The number of benzene rings is 1. The number of carbonyl (C=O) groups is 3. The van der Waals surface area contributed by atoms with Crippen LogP contribution in [0.2, 0.25) is 0 Å². The number of methoxy groups -OCH3 is 2. The smallest absolute Gasteiger partial charge is 0.408 e. The Morgan fingerprint density at radius 3 is 2.64 bits per heavy atom. The number of nitrogens with zero attached hydrogens (tertiary/aromatic N) is 2. The first-order chi connectivity index (χ1) is 20.0. The fourth-order valence-corrected chi connectivity index (χ4v) is 4.79. The van der Waals surface area contributed by atoms with Gasteiger partial charge in [-0.05, 0) is 48.6 Å². The van der Waals surface area contributed by atoms with E-state index in [2.05, 4.69) is 32.4 Å². The highest BCUT2D eigenvalue weighted by Gasteiger charge is 2.41. The van der Waals surface area contributed by atoms with Gasteiger partial charge < -0.3 is 34.7 Å².